The standard InChI is InChI=1S/C22H23N3O4S/c1-29-14-13-24(16-22(26)25-12-10-17-5-2-3-7-20(17)25)30(27,28)21-8-4-6-18-15-23-11-9-19(18)21/h2-9,11,15H,10,12-14,16H2,1H3. The first kappa shape index (κ1) is 20.5. The number of amides is 1. The van der Waals surface area contributed by atoms with E-state index < -0.39 is 10.0 Å². The van der Waals surface area contributed by atoms with Gasteiger partial charge in [-0.3, -0.25) is 9.78 Å². The van der Waals surface area contributed by atoms with E-state index in [0.29, 0.717) is 11.9 Å². The zero-order valence-corrected chi connectivity index (χ0v) is 17.5. The van der Waals surface area contributed by atoms with Gasteiger partial charge in [-0.05, 0) is 30.2 Å². The van der Waals surface area contributed by atoms with Gasteiger partial charge in [-0.25, -0.2) is 8.42 Å². The van der Waals surface area contributed by atoms with Crippen molar-refractivity contribution >= 4 is 32.4 Å². The van der Waals surface area contributed by atoms with Crippen LogP contribution < -0.4 is 4.90 Å². The van der Waals surface area contributed by atoms with E-state index in [0.717, 1.165) is 23.1 Å². The van der Waals surface area contributed by atoms with Crippen LogP contribution in [0.4, 0.5) is 5.69 Å². The van der Waals surface area contributed by atoms with Crippen LogP contribution in [-0.2, 0) is 26.0 Å². The molecule has 0 spiro atoms. The number of carbonyl (C=O) groups excluding carboxylic acids is 1. The molecule has 0 bridgehead atoms. The molecule has 2 aromatic carbocycles. The second-order valence-corrected chi connectivity index (χ2v) is 9.01. The van der Waals surface area contributed by atoms with Crippen LogP contribution in [0.15, 0.2) is 65.8 Å². The third kappa shape index (κ3) is 3.81. The summed E-state index contributed by atoms with van der Waals surface area (Å²) in [4.78, 5) is 19.0. The van der Waals surface area contributed by atoms with E-state index >= 15 is 0 Å². The molecule has 2 heterocycles. The minimum absolute atomic E-state index is 0.0849. The fourth-order valence-electron chi connectivity index (χ4n) is 3.77. The van der Waals surface area contributed by atoms with Crippen molar-refractivity contribution in [3.8, 4) is 0 Å². The number of para-hydroxylation sites is 1. The van der Waals surface area contributed by atoms with E-state index in [9.17, 15) is 13.2 Å². The van der Waals surface area contributed by atoms with E-state index in [1.54, 1.807) is 35.5 Å². The van der Waals surface area contributed by atoms with Gasteiger partial charge >= 0.3 is 0 Å². The summed E-state index contributed by atoms with van der Waals surface area (Å²) < 4.78 is 33.4. The van der Waals surface area contributed by atoms with Gasteiger partial charge < -0.3 is 9.64 Å². The molecule has 0 atom stereocenters. The molecule has 1 aliphatic rings. The van der Waals surface area contributed by atoms with Crippen LogP contribution in [-0.4, -0.2) is 57.0 Å². The summed E-state index contributed by atoms with van der Waals surface area (Å²) in [5, 5.41) is 1.30. The van der Waals surface area contributed by atoms with Gasteiger partial charge in [0.25, 0.3) is 0 Å². The van der Waals surface area contributed by atoms with Crippen molar-refractivity contribution in [1.82, 2.24) is 9.29 Å². The predicted molar refractivity (Wildman–Crippen MR) is 115 cm³/mol. The minimum atomic E-state index is -3.92. The molecule has 4 rings (SSSR count). The number of hydrogen-bond donors (Lipinski definition) is 0. The Morgan fingerprint density at radius 2 is 2.00 bits per heavy atom. The Bertz CT molecular complexity index is 1170. The fraction of sp³-hybridized carbons (Fsp3) is 0.273. The molecule has 7 nitrogen and oxygen atoms in total. The summed E-state index contributed by atoms with van der Waals surface area (Å²) in [6, 6.07) is 14.4. The lowest BCUT2D eigenvalue weighted by Gasteiger charge is -2.25. The van der Waals surface area contributed by atoms with Crippen LogP contribution >= 0.6 is 0 Å². The number of methoxy groups -OCH3 is 1. The first-order valence-corrected chi connectivity index (χ1v) is 11.2. The quantitative estimate of drug-likeness (QED) is 0.581. The molecule has 1 amide bonds. The SMILES string of the molecule is COCCN(CC(=O)N1CCc2ccccc21)S(=O)(=O)c1cccc2cnccc12. The lowest BCUT2D eigenvalue weighted by Crippen LogP contribution is -2.43. The van der Waals surface area contributed by atoms with Gasteiger partial charge in [0.1, 0.15) is 0 Å². The molecule has 0 fully saturated rings. The van der Waals surface area contributed by atoms with Crippen molar-refractivity contribution in [3.63, 3.8) is 0 Å². The molecule has 30 heavy (non-hydrogen) atoms. The average Bonchev–Trinajstić information content (AvgIpc) is 3.20. The maximum Gasteiger partial charge on any atom is 0.244 e. The molecule has 3 aromatic rings. The Balaban J connectivity index is 1.66. The van der Waals surface area contributed by atoms with E-state index in [1.165, 1.54) is 11.4 Å². The highest BCUT2D eigenvalue weighted by Crippen LogP contribution is 2.29. The van der Waals surface area contributed by atoms with Crippen molar-refractivity contribution < 1.29 is 17.9 Å². The molecule has 1 aliphatic heterocycles. The first-order valence-electron chi connectivity index (χ1n) is 9.72. The third-order valence-electron chi connectivity index (χ3n) is 5.30. The van der Waals surface area contributed by atoms with Crippen LogP contribution in [0.2, 0.25) is 0 Å². The highest BCUT2D eigenvalue weighted by atomic mass is 32.2. The van der Waals surface area contributed by atoms with Crippen LogP contribution in [0.5, 0.6) is 0 Å². The second kappa shape index (κ2) is 8.51. The number of hydrogen-bond acceptors (Lipinski definition) is 5. The Kier molecular flexibility index (Phi) is 5.80. The monoisotopic (exact) mass is 425 g/mol. The van der Waals surface area contributed by atoms with E-state index in [-0.39, 0.29) is 30.5 Å². The molecule has 156 valence electrons. The zero-order valence-electron chi connectivity index (χ0n) is 16.7. The van der Waals surface area contributed by atoms with Gasteiger partial charge in [0.05, 0.1) is 18.0 Å². The summed E-state index contributed by atoms with van der Waals surface area (Å²) in [6.07, 6.45) is 3.95. The van der Waals surface area contributed by atoms with Gasteiger partial charge in [-0.15, -0.1) is 0 Å². The van der Waals surface area contributed by atoms with Crippen LogP contribution in [0.25, 0.3) is 10.8 Å². The summed E-state index contributed by atoms with van der Waals surface area (Å²) in [6.45, 7) is 0.578. The summed E-state index contributed by atoms with van der Waals surface area (Å²) in [5.41, 5.74) is 1.95. The normalized spacial score (nSPS) is 13.7. The molecular formula is C22H23N3O4S. The number of rotatable bonds is 7. The van der Waals surface area contributed by atoms with Crippen molar-refractivity contribution in [1.29, 1.82) is 0 Å². The molecule has 0 unspecified atom stereocenters. The largest absolute Gasteiger partial charge is 0.383 e. The number of carbonyl (C=O) groups is 1. The second-order valence-electron chi connectivity index (χ2n) is 7.11. The fourth-order valence-corrected chi connectivity index (χ4v) is 5.36. The first-order chi connectivity index (χ1) is 14.5. The molecule has 0 N–H and O–H groups in total. The topological polar surface area (TPSA) is 79.8 Å². The lowest BCUT2D eigenvalue weighted by molar-refractivity contribution is -0.118. The number of fused-ring (bicyclic) bond motifs is 2. The number of pyridine rings is 1. The van der Waals surface area contributed by atoms with Gasteiger partial charge in [-0.1, -0.05) is 30.3 Å². The van der Waals surface area contributed by atoms with Crippen LogP contribution in [0.3, 0.4) is 0 Å². The van der Waals surface area contributed by atoms with E-state index in [4.69, 9.17) is 4.74 Å². The zero-order chi connectivity index (χ0) is 21.1. The van der Waals surface area contributed by atoms with Gasteiger partial charge in [-0.2, -0.15) is 4.31 Å². The Hall–Kier alpha value is -2.81. The molecule has 1 aromatic heterocycles. The average molecular weight is 426 g/mol. The lowest BCUT2D eigenvalue weighted by atomic mass is 10.2. The van der Waals surface area contributed by atoms with E-state index in [1.807, 2.05) is 30.3 Å². The number of anilines is 1. The summed E-state index contributed by atoms with van der Waals surface area (Å²) in [7, 11) is -2.42. The van der Waals surface area contributed by atoms with Crippen molar-refractivity contribution in [2.24, 2.45) is 0 Å². The maximum atomic E-state index is 13.5. The summed E-state index contributed by atoms with van der Waals surface area (Å²) in [5.74, 6) is -0.249. The minimum Gasteiger partial charge on any atom is -0.383 e. The van der Waals surface area contributed by atoms with E-state index in [2.05, 4.69) is 4.98 Å². The predicted octanol–water partition coefficient (Wildman–Crippen LogP) is 2.46. The van der Waals surface area contributed by atoms with Gasteiger partial charge in [0.15, 0.2) is 0 Å². The smallest absolute Gasteiger partial charge is 0.244 e. The molecule has 0 aliphatic carbocycles. The number of ether oxygens (including phenoxy) is 1. The van der Waals surface area contributed by atoms with Gasteiger partial charge in [0, 0.05) is 49.1 Å². The third-order valence-corrected chi connectivity index (χ3v) is 7.21. The summed E-state index contributed by atoms with van der Waals surface area (Å²) >= 11 is 0. The molecule has 8 heteroatoms. The number of aromatic nitrogens is 1. The van der Waals surface area contributed by atoms with Crippen molar-refractivity contribution in [3.05, 3.63) is 66.5 Å². The molecule has 0 radical (unpaired) electrons. The Morgan fingerprint density at radius 3 is 2.83 bits per heavy atom. The van der Waals surface area contributed by atoms with Crippen molar-refractivity contribution in [2.75, 3.05) is 38.3 Å². The maximum absolute atomic E-state index is 13.5. The Labute approximate surface area is 175 Å². The number of benzene rings is 2. The number of nitrogens with zero attached hydrogens (tertiary/aromatic N) is 3. The molecule has 0 saturated carbocycles. The van der Waals surface area contributed by atoms with Crippen LogP contribution in [0.1, 0.15) is 5.56 Å². The molecule has 0 saturated heterocycles. The highest BCUT2D eigenvalue weighted by molar-refractivity contribution is 7.89. The Morgan fingerprint density at radius 1 is 1.17 bits per heavy atom. The number of sulfonamides is 1. The van der Waals surface area contributed by atoms with Crippen molar-refractivity contribution in [2.45, 2.75) is 11.3 Å². The highest BCUT2D eigenvalue weighted by Gasteiger charge is 2.31. The van der Waals surface area contributed by atoms with Crippen LogP contribution in [0, 0.1) is 0 Å². The molecular weight excluding hydrogens is 402 g/mol. The van der Waals surface area contributed by atoms with Gasteiger partial charge in [0.2, 0.25) is 15.9 Å².